The van der Waals surface area contributed by atoms with Gasteiger partial charge in [0.2, 0.25) is 0 Å². The van der Waals surface area contributed by atoms with Gasteiger partial charge < -0.3 is 4.90 Å². The SMILES string of the molecule is CCC1(C)SC(N(C)C2CCCCC2)=NC1=O. The normalized spacial score (nSPS) is 30.5. The fourth-order valence-corrected chi connectivity index (χ4v) is 3.57. The molecule has 96 valence electrons. The van der Waals surface area contributed by atoms with Crippen LogP contribution in [0.3, 0.4) is 0 Å². The number of nitrogens with zero attached hydrogens (tertiary/aromatic N) is 2. The van der Waals surface area contributed by atoms with Gasteiger partial charge in [-0.3, -0.25) is 4.79 Å². The highest BCUT2D eigenvalue weighted by molar-refractivity contribution is 8.16. The van der Waals surface area contributed by atoms with Gasteiger partial charge >= 0.3 is 0 Å². The van der Waals surface area contributed by atoms with E-state index < -0.39 is 0 Å². The number of aliphatic imine (C=N–C) groups is 1. The third kappa shape index (κ3) is 2.51. The van der Waals surface area contributed by atoms with Crippen LogP contribution in [0.1, 0.15) is 52.4 Å². The maximum atomic E-state index is 11.9. The summed E-state index contributed by atoms with van der Waals surface area (Å²) in [6.45, 7) is 4.06. The number of amides is 1. The van der Waals surface area contributed by atoms with Crippen LogP contribution in [-0.2, 0) is 4.79 Å². The molecule has 1 aliphatic carbocycles. The molecule has 0 saturated heterocycles. The van der Waals surface area contributed by atoms with Crippen molar-refractivity contribution < 1.29 is 4.79 Å². The Morgan fingerprint density at radius 1 is 1.41 bits per heavy atom. The van der Waals surface area contributed by atoms with Crippen LogP contribution in [0.15, 0.2) is 4.99 Å². The smallest absolute Gasteiger partial charge is 0.264 e. The zero-order valence-corrected chi connectivity index (χ0v) is 11.8. The maximum absolute atomic E-state index is 11.9. The first kappa shape index (κ1) is 12.9. The molecule has 0 aromatic rings. The van der Waals surface area contributed by atoms with E-state index in [1.165, 1.54) is 32.1 Å². The molecule has 1 heterocycles. The van der Waals surface area contributed by atoms with E-state index in [2.05, 4.69) is 23.9 Å². The Bertz CT molecular complexity index is 336. The Morgan fingerprint density at radius 3 is 2.59 bits per heavy atom. The van der Waals surface area contributed by atoms with Gasteiger partial charge in [0.1, 0.15) is 4.75 Å². The monoisotopic (exact) mass is 254 g/mol. The van der Waals surface area contributed by atoms with Crippen molar-refractivity contribution in [2.45, 2.75) is 63.2 Å². The Labute approximate surface area is 108 Å². The maximum Gasteiger partial charge on any atom is 0.264 e. The Balaban J connectivity index is 2.03. The zero-order valence-electron chi connectivity index (χ0n) is 11.0. The molecule has 2 rings (SSSR count). The number of hydrogen-bond donors (Lipinski definition) is 0. The second kappa shape index (κ2) is 5.01. The van der Waals surface area contributed by atoms with Crippen molar-refractivity contribution in [2.75, 3.05) is 7.05 Å². The highest BCUT2D eigenvalue weighted by Gasteiger charge is 2.41. The van der Waals surface area contributed by atoms with E-state index in [0.29, 0.717) is 6.04 Å². The second-order valence-electron chi connectivity index (χ2n) is 5.29. The lowest BCUT2D eigenvalue weighted by atomic mass is 9.95. The summed E-state index contributed by atoms with van der Waals surface area (Å²) in [4.78, 5) is 18.4. The van der Waals surface area contributed by atoms with E-state index >= 15 is 0 Å². The molecular formula is C13H22N2OS. The molecule has 1 aliphatic heterocycles. The summed E-state index contributed by atoms with van der Waals surface area (Å²) in [5.74, 6) is 0.0441. The number of rotatable bonds is 2. The van der Waals surface area contributed by atoms with Crippen LogP contribution in [0.25, 0.3) is 0 Å². The molecule has 0 aromatic heterocycles. The number of carbonyl (C=O) groups excluding carboxylic acids is 1. The quantitative estimate of drug-likeness (QED) is 0.759. The summed E-state index contributed by atoms with van der Waals surface area (Å²) >= 11 is 1.65. The van der Waals surface area contributed by atoms with Crippen molar-refractivity contribution in [3.63, 3.8) is 0 Å². The summed E-state index contributed by atoms with van der Waals surface area (Å²) in [5.41, 5.74) is 0. The Hall–Kier alpha value is -0.510. The lowest BCUT2D eigenvalue weighted by Crippen LogP contribution is -2.37. The van der Waals surface area contributed by atoms with Crippen molar-refractivity contribution in [3.05, 3.63) is 0 Å². The van der Waals surface area contributed by atoms with Gasteiger partial charge in [-0.2, -0.15) is 4.99 Å². The van der Waals surface area contributed by atoms with E-state index in [9.17, 15) is 4.79 Å². The van der Waals surface area contributed by atoms with Gasteiger partial charge in [-0.05, 0) is 26.2 Å². The molecule has 0 radical (unpaired) electrons. The molecule has 1 unspecified atom stereocenters. The minimum atomic E-state index is -0.321. The van der Waals surface area contributed by atoms with Gasteiger partial charge in [0, 0.05) is 13.1 Å². The summed E-state index contributed by atoms with van der Waals surface area (Å²) in [6, 6.07) is 0.585. The van der Waals surface area contributed by atoms with E-state index in [1.807, 2.05) is 6.92 Å². The molecule has 1 saturated carbocycles. The lowest BCUT2D eigenvalue weighted by molar-refractivity contribution is -0.119. The third-order valence-electron chi connectivity index (χ3n) is 4.06. The zero-order chi connectivity index (χ0) is 12.5. The summed E-state index contributed by atoms with van der Waals surface area (Å²) < 4.78 is -0.321. The minimum Gasteiger partial charge on any atom is -0.351 e. The molecule has 4 heteroatoms. The first-order valence-corrected chi connectivity index (χ1v) is 7.43. The van der Waals surface area contributed by atoms with Crippen molar-refractivity contribution in [1.82, 2.24) is 4.90 Å². The van der Waals surface area contributed by atoms with E-state index in [-0.39, 0.29) is 10.7 Å². The van der Waals surface area contributed by atoms with E-state index in [0.717, 1.165) is 11.6 Å². The van der Waals surface area contributed by atoms with Gasteiger partial charge in [-0.25, -0.2) is 0 Å². The molecule has 2 aliphatic rings. The average Bonchev–Trinajstić information content (AvgIpc) is 2.67. The number of thioether (sulfide) groups is 1. The van der Waals surface area contributed by atoms with Crippen molar-refractivity contribution >= 4 is 22.8 Å². The van der Waals surface area contributed by atoms with Gasteiger partial charge in [-0.1, -0.05) is 37.9 Å². The van der Waals surface area contributed by atoms with Crippen LogP contribution in [0.5, 0.6) is 0 Å². The molecule has 1 amide bonds. The lowest BCUT2D eigenvalue weighted by Gasteiger charge is -2.32. The molecule has 1 fully saturated rings. The largest absolute Gasteiger partial charge is 0.351 e. The summed E-state index contributed by atoms with van der Waals surface area (Å²) in [7, 11) is 2.09. The van der Waals surface area contributed by atoms with E-state index in [1.54, 1.807) is 11.8 Å². The highest BCUT2D eigenvalue weighted by atomic mass is 32.2. The predicted octanol–water partition coefficient (Wildman–Crippen LogP) is 3.05. The topological polar surface area (TPSA) is 32.7 Å². The predicted molar refractivity (Wildman–Crippen MR) is 73.4 cm³/mol. The first-order chi connectivity index (χ1) is 8.07. The fraction of sp³-hybridized carbons (Fsp3) is 0.846. The van der Waals surface area contributed by atoms with Gasteiger partial charge in [-0.15, -0.1) is 0 Å². The number of carbonyl (C=O) groups is 1. The molecule has 1 atom stereocenters. The van der Waals surface area contributed by atoms with Crippen LogP contribution >= 0.6 is 11.8 Å². The summed E-state index contributed by atoms with van der Waals surface area (Å²) in [6.07, 6.45) is 7.32. The van der Waals surface area contributed by atoms with Gasteiger partial charge in [0.05, 0.1) is 0 Å². The minimum absolute atomic E-state index is 0.0441. The summed E-state index contributed by atoms with van der Waals surface area (Å²) in [5, 5.41) is 0.936. The molecule has 0 N–H and O–H groups in total. The van der Waals surface area contributed by atoms with E-state index in [4.69, 9.17) is 0 Å². The van der Waals surface area contributed by atoms with Crippen LogP contribution in [0.4, 0.5) is 0 Å². The van der Waals surface area contributed by atoms with Gasteiger partial charge in [0.25, 0.3) is 5.91 Å². The molecule has 0 aromatic carbocycles. The standard InChI is InChI=1S/C13H22N2OS/c1-4-13(2)11(16)14-12(17-13)15(3)10-8-6-5-7-9-10/h10H,4-9H2,1-3H3. The van der Waals surface area contributed by atoms with Crippen LogP contribution < -0.4 is 0 Å². The van der Waals surface area contributed by atoms with Crippen molar-refractivity contribution in [3.8, 4) is 0 Å². The molecule has 3 nitrogen and oxygen atoms in total. The molecule has 0 bridgehead atoms. The third-order valence-corrected chi connectivity index (χ3v) is 5.54. The average molecular weight is 254 g/mol. The first-order valence-electron chi connectivity index (χ1n) is 6.62. The fourth-order valence-electron chi connectivity index (χ4n) is 2.47. The highest BCUT2D eigenvalue weighted by Crippen LogP contribution is 2.38. The van der Waals surface area contributed by atoms with Gasteiger partial charge in [0.15, 0.2) is 5.17 Å². The van der Waals surface area contributed by atoms with Crippen LogP contribution in [0.2, 0.25) is 0 Å². The molecule has 17 heavy (non-hydrogen) atoms. The van der Waals surface area contributed by atoms with Crippen molar-refractivity contribution in [2.24, 2.45) is 4.99 Å². The second-order valence-corrected chi connectivity index (χ2v) is 6.76. The Morgan fingerprint density at radius 2 is 2.06 bits per heavy atom. The molecular weight excluding hydrogens is 232 g/mol. The van der Waals surface area contributed by atoms with Crippen molar-refractivity contribution in [1.29, 1.82) is 0 Å². The Kier molecular flexibility index (Phi) is 3.81. The molecule has 0 spiro atoms. The number of hydrogen-bond acceptors (Lipinski definition) is 3. The number of amidine groups is 1. The van der Waals surface area contributed by atoms with Crippen LogP contribution in [0, 0.1) is 0 Å². The van der Waals surface area contributed by atoms with Crippen LogP contribution in [-0.4, -0.2) is 33.8 Å².